The highest BCUT2D eigenvalue weighted by atomic mass is 35.5. The van der Waals surface area contributed by atoms with Crippen molar-refractivity contribution in [3.8, 4) is 0 Å². The molecule has 66 valence electrons. The summed E-state index contributed by atoms with van der Waals surface area (Å²) >= 11 is 5.76. The standard InChI is InChI=1S/C9H12ClNO/c1-3-12-6-8-4-7(2)11-9(10)5-8/h4-5H,3,6H2,1-2H3. The predicted molar refractivity (Wildman–Crippen MR) is 49.3 cm³/mol. The highest BCUT2D eigenvalue weighted by Gasteiger charge is 1.97. The summed E-state index contributed by atoms with van der Waals surface area (Å²) in [5, 5.41) is 0.532. The SMILES string of the molecule is CCOCc1cc(C)nc(Cl)c1. The number of nitrogens with zero attached hydrogens (tertiary/aromatic N) is 1. The summed E-state index contributed by atoms with van der Waals surface area (Å²) in [5.74, 6) is 0. The number of ether oxygens (including phenoxy) is 1. The van der Waals surface area contributed by atoms with Crippen LogP contribution in [0.15, 0.2) is 12.1 Å². The minimum Gasteiger partial charge on any atom is -0.377 e. The van der Waals surface area contributed by atoms with Gasteiger partial charge in [-0.2, -0.15) is 0 Å². The second-order valence-corrected chi connectivity index (χ2v) is 2.96. The van der Waals surface area contributed by atoms with Crippen LogP contribution in [0.1, 0.15) is 18.2 Å². The summed E-state index contributed by atoms with van der Waals surface area (Å²) in [5.41, 5.74) is 2.01. The molecule has 1 rings (SSSR count). The summed E-state index contributed by atoms with van der Waals surface area (Å²) < 4.78 is 5.24. The van der Waals surface area contributed by atoms with Crippen molar-refractivity contribution in [1.29, 1.82) is 0 Å². The molecule has 0 aliphatic heterocycles. The second kappa shape index (κ2) is 4.43. The zero-order chi connectivity index (χ0) is 8.97. The Bertz CT molecular complexity index is 242. The maximum absolute atomic E-state index is 5.76. The molecule has 0 N–H and O–H groups in total. The minimum absolute atomic E-state index is 0.532. The average Bonchev–Trinajstić information content (AvgIpc) is 1.99. The molecule has 0 unspecified atom stereocenters. The second-order valence-electron chi connectivity index (χ2n) is 2.58. The van der Waals surface area contributed by atoms with Gasteiger partial charge in [-0.1, -0.05) is 11.6 Å². The van der Waals surface area contributed by atoms with Gasteiger partial charge in [-0.05, 0) is 31.5 Å². The lowest BCUT2D eigenvalue weighted by Gasteiger charge is -2.02. The van der Waals surface area contributed by atoms with Crippen molar-refractivity contribution in [2.75, 3.05) is 6.61 Å². The normalized spacial score (nSPS) is 10.2. The molecule has 2 nitrogen and oxygen atoms in total. The van der Waals surface area contributed by atoms with Crippen molar-refractivity contribution in [2.24, 2.45) is 0 Å². The van der Waals surface area contributed by atoms with Crippen LogP contribution in [-0.2, 0) is 11.3 Å². The van der Waals surface area contributed by atoms with Gasteiger partial charge in [0, 0.05) is 12.3 Å². The van der Waals surface area contributed by atoms with Crippen LogP contribution in [0.2, 0.25) is 5.15 Å². The lowest BCUT2D eigenvalue weighted by molar-refractivity contribution is 0.134. The molecule has 1 aromatic heterocycles. The van der Waals surface area contributed by atoms with E-state index in [4.69, 9.17) is 16.3 Å². The number of pyridine rings is 1. The van der Waals surface area contributed by atoms with Crippen LogP contribution in [0.4, 0.5) is 0 Å². The molecule has 0 fully saturated rings. The van der Waals surface area contributed by atoms with Gasteiger partial charge in [0.1, 0.15) is 5.15 Å². The number of aromatic nitrogens is 1. The van der Waals surface area contributed by atoms with Crippen LogP contribution in [-0.4, -0.2) is 11.6 Å². The Balaban J connectivity index is 2.72. The third-order valence-electron chi connectivity index (χ3n) is 1.45. The fourth-order valence-corrected chi connectivity index (χ4v) is 1.27. The van der Waals surface area contributed by atoms with Gasteiger partial charge in [0.2, 0.25) is 0 Å². The number of hydrogen-bond donors (Lipinski definition) is 0. The molecule has 0 spiro atoms. The smallest absolute Gasteiger partial charge is 0.129 e. The molecule has 3 heteroatoms. The Morgan fingerprint density at radius 1 is 1.50 bits per heavy atom. The number of hydrogen-bond acceptors (Lipinski definition) is 2. The van der Waals surface area contributed by atoms with Gasteiger partial charge in [0.05, 0.1) is 6.61 Å². The van der Waals surface area contributed by atoms with Gasteiger partial charge in [-0.25, -0.2) is 4.98 Å². The molecule has 1 aromatic rings. The summed E-state index contributed by atoms with van der Waals surface area (Å²) in [6.07, 6.45) is 0. The first-order valence-corrected chi connectivity index (χ1v) is 4.31. The Labute approximate surface area is 77.5 Å². The van der Waals surface area contributed by atoms with E-state index in [1.807, 2.05) is 26.0 Å². The Kier molecular flexibility index (Phi) is 3.50. The molecule has 0 amide bonds. The molecule has 1 heterocycles. The van der Waals surface area contributed by atoms with Crippen LogP contribution < -0.4 is 0 Å². The monoisotopic (exact) mass is 185 g/mol. The van der Waals surface area contributed by atoms with E-state index in [-0.39, 0.29) is 0 Å². The maximum Gasteiger partial charge on any atom is 0.129 e. The highest BCUT2D eigenvalue weighted by molar-refractivity contribution is 6.29. The molecular formula is C9H12ClNO. The van der Waals surface area contributed by atoms with Gasteiger partial charge in [0.15, 0.2) is 0 Å². The molecule has 0 radical (unpaired) electrons. The van der Waals surface area contributed by atoms with Crippen molar-refractivity contribution in [1.82, 2.24) is 4.98 Å². The topological polar surface area (TPSA) is 22.1 Å². The molecule has 12 heavy (non-hydrogen) atoms. The van der Waals surface area contributed by atoms with Crippen LogP contribution in [0.3, 0.4) is 0 Å². The van der Waals surface area contributed by atoms with E-state index in [2.05, 4.69) is 4.98 Å². The van der Waals surface area contributed by atoms with E-state index in [0.717, 1.165) is 17.9 Å². The first-order chi connectivity index (χ1) is 5.72. The third-order valence-corrected chi connectivity index (χ3v) is 1.65. The third kappa shape index (κ3) is 2.80. The van der Waals surface area contributed by atoms with Crippen molar-refractivity contribution in [3.05, 3.63) is 28.5 Å². The molecule has 0 atom stereocenters. The number of halogens is 1. The summed E-state index contributed by atoms with van der Waals surface area (Å²) in [4.78, 5) is 4.05. The molecule has 0 aromatic carbocycles. The Hall–Kier alpha value is -0.600. The van der Waals surface area contributed by atoms with Gasteiger partial charge < -0.3 is 4.74 Å². The molecule has 0 aliphatic rings. The van der Waals surface area contributed by atoms with Gasteiger partial charge in [0.25, 0.3) is 0 Å². The average molecular weight is 186 g/mol. The first-order valence-electron chi connectivity index (χ1n) is 3.93. The van der Waals surface area contributed by atoms with Crippen molar-refractivity contribution in [3.63, 3.8) is 0 Å². The summed E-state index contributed by atoms with van der Waals surface area (Å²) in [6.45, 7) is 5.22. The molecule has 0 aliphatic carbocycles. The number of rotatable bonds is 3. The maximum atomic E-state index is 5.76. The van der Waals surface area contributed by atoms with E-state index in [0.29, 0.717) is 11.8 Å². The summed E-state index contributed by atoms with van der Waals surface area (Å²) in [7, 11) is 0. The van der Waals surface area contributed by atoms with E-state index in [1.54, 1.807) is 0 Å². The van der Waals surface area contributed by atoms with Crippen LogP contribution in [0.5, 0.6) is 0 Å². The van der Waals surface area contributed by atoms with Crippen LogP contribution in [0, 0.1) is 6.92 Å². The molecular weight excluding hydrogens is 174 g/mol. The fraction of sp³-hybridized carbons (Fsp3) is 0.444. The molecule has 0 saturated heterocycles. The lowest BCUT2D eigenvalue weighted by Crippen LogP contribution is -1.93. The Morgan fingerprint density at radius 3 is 2.83 bits per heavy atom. The largest absolute Gasteiger partial charge is 0.377 e. The van der Waals surface area contributed by atoms with E-state index >= 15 is 0 Å². The Morgan fingerprint density at radius 2 is 2.25 bits per heavy atom. The lowest BCUT2D eigenvalue weighted by atomic mass is 10.2. The minimum atomic E-state index is 0.532. The zero-order valence-corrected chi connectivity index (χ0v) is 8.06. The van der Waals surface area contributed by atoms with E-state index in [1.165, 1.54) is 0 Å². The van der Waals surface area contributed by atoms with Gasteiger partial charge in [-0.15, -0.1) is 0 Å². The van der Waals surface area contributed by atoms with Crippen molar-refractivity contribution in [2.45, 2.75) is 20.5 Å². The van der Waals surface area contributed by atoms with Gasteiger partial charge >= 0.3 is 0 Å². The fourth-order valence-electron chi connectivity index (χ4n) is 0.999. The summed E-state index contributed by atoms with van der Waals surface area (Å²) in [6, 6.07) is 3.80. The van der Waals surface area contributed by atoms with E-state index < -0.39 is 0 Å². The number of aryl methyl sites for hydroxylation is 1. The van der Waals surface area contributed by atoms with E-state index in [9.17, 15) is 0 Å². The predicted octanol–water partition coefficient (Wildman–Crippen LogP) is 2.58. The first kappa shape index (κ1) is 9.49. The molecule has 0 bridgehead atoms. The van der Waals surface area contributed by atoms with Crippen LogP contribution in [0.25, 0.3) is 0 Å². The van der Waals surface area contributed by atoms with Gasteiger partial charge in [-0.3, -0.25) is 0 Å². The van der Waals surface area contributed by atoms with Crippen molar-refractivity contribution >= 4 is 11.6 Å². The zero-order valence-electron chi connectivity index (χ0n) is 7.30. The molecule has 0 saturated carbocycles. The van der Waals surface area contributed by atoms with Crippen molar-refractivity contribution < 1.29 is 4.74 Å². The highest BCUT2D eigenvalue weighted by Crippen LogP contribution is 2.10. The quantitative estimate of drug-likeness (QED) is 0.676. The van der Waals surface area contributed by atoms with Crippen LogP contribution >= 0.6 is 11.6 Å².